The standard InChI is InChI=1S/C5H5N3O4/c9-4(10)3-1-2-6-8(7-3)5(11)12/h1-2,7H,(H,9,10)(H,11,12). The van der Waals surface area contributed by atoms with Crippen molar-refractivity contribution in [2.75, 3.05) is 0 Å². The van der Waals surface area contributed by atoms with Gasteiger partial charge in [-0.25, -0.2) is 9.59 Å². The first-order valence-corrected chi connectivity index (χ1v) is 2.88. The van der Waals surface area contributed by atoms with Gasteiger partial charge in [0.2, 0.25) is 0 Å². The maximum Gasteiger partial charge on any atom is 0.447 e. The van der Waals surface area contributed by atoms with Crippen LogP contribution in [0.3, 0.4) is 0 Å². The van der Waals surface area contributed by atoms with E-state index in [4.69, 9.17) is 10.2 Å². The highest BCUT2D eigenvalue weighted by molar-refractivity contribution is 5.92. The number of amides is 1. The zero-order chi connectivity index (χ0) is 9.14. The molecule has 12 heavy (non-hydrogen) atoms. The molecule has 0 bridgehead atoms. The van der Waals surface area contributed by atoms with Crippen LogP contribution in [0.25, 0.3) is 0 Å². The van der Waals surface area contributed by atoms with E-state index in [0.29, 0.717) is 5.12 Å². The van der Waals surface area contributed by atoms with E-state index in [1.54, 1.807) is 0 Å². The van der Waals surface area contributed by atoms with Crippen molar-refractivity contribution in [1.82, 2.24) is 10.5 Å². The molecule has 0 saturated heterocycles. The molecule has 0 aliphatic carbocycles. The Morgan fingerprint density at radius 3 is 2.67 bits per heavy atom. The summed E-state index contributed by atoms with van der Waals surface area (Å²) in [6.07, 6.45) is 0.855. The number of allylic oxidation sites excluding steroid dienone is 1. The maximum absolute atomic E-state index is 10.3. The van der Waals surface area contributed by atoms with E-state index in [1.165, 1.54) is 0 Å². The first-order chi connectivity index (χ1) is 5.61. The molecule has 64 valence electrons. The van der Waals surface area contributed by atoms with Crippen LogP contribution in [0.2, 0.25) is 0 Å². The van der Waals surface area contributed by atoms with E-state index in [0.717, 1.165) is 12.3 Å². The fourth-order valence-corrected chi connectivity index (χ4v) is 0.571. The number of aliphatic carboxylic acids is 1. The Morgan fingerprint density at radius 1 is 1.50 bits per heavy atom. The summed E-state index contributed by atoms with van der Waals surface area (Å²) >= 11 is 0. The van der Waals surface area contributed by atoms with Crippen molar-refractivity contribution in [1.29, 1.82) is 0 Å². The van der Waals surface area contributed by atoms with Gasteiger partial charge >= 0.3 is 12.1 Å². The van der Waals surface area contributed by atoms with Crippen molar-refractivity contribution in [3.8, 4) is 0 Å². The van der Waals surface area contributed by atoms with Crippen LogP contribution in [-0.4, -0.2) is 33.6 Å². The van der Waals surface area contributed by atoms with Gasteiger partial charge in [0.15, 0.2) is 0 Å². The molecule has 0 saturated carbocycles. The highest BCUT2D eigenvalue weighted by atomic mass is 16.4. The van der Waals surface area contributed by atoms with Gasteiger partial charge in [0, 0.05) is 0 Å². The summed E-state index contributed by atoms with van der Waals surface area (Å²) in [5, 5.41) is 20.5. The number of carboxylic acid groups (broad SMARTS) is 2. The molecule has 1 rings (SSSR count). The summed E-state index contributed by atoms with van der Waals surface area (Å²) in [6, 6.07) is 0. The Hall–Kier alpha value is -2.05. The molecular weight excluding hydrogens is 166 g/mol. The number of rotatable bonds is 1. The molecule has 0 atom stereocenters. The lowest BCUT2D eigenvalue weighted by molar-refractivity contribution is -0.133. The highest BCUT2D eigenvalue weighted by Gasteiger charge is 2.17. The minimum atomic E-state index is -1.38. The Morgan fingerprint density at radius 2 is 2.17 bits per heavy atom. The number of hydrogen-bond donors (Lipinski definition) is 3. The molecule has 0 aromatic heterocycles. The van der Waals surface area contributed by atoms with Crippen molar-refractivity contribution in [2.45, 2.75) is 0 Å². The number of nitrogens with zero attached hydrogens (tertiary/aromatic N) is 2. The number of hydrogen-bond acceptors (Lipinski definition) is 4. The molecular formula is C5H5N3O4. The average Bonchev–Trinajstić information content (AvgIpc) is 2.04. The number of nitrogens with one attached hydrogen (secondary N) is 1. The minimum Gasteiger partial charge on any atom is -0.477 e. The maximum atomic E-state index is 10.3. The van der Waals surface area contributed by atoms with Gasteiger partial charge in [-0.15, -0.1) is 5.12 Å². The normalized spacial score (nSPS) is 15.0. The molecule has 1 amide bonds. The fraction of sp³-hybridized carbons (Fsp3) is 0. The summed E-state index contributed by atoms with van der Waals surface area (Å²) in [7, 11) is 0. The Balaban J connectivity index is 2.74. The quantitative estimate of drug-likeness (QED) is 0.490. The predicted octanol–water partition coefficient (Wildman–Crippen LogP) is -0.561. The summed E-state index contributed by atoms with van der Waals surface area (Å²) in [4.78, 5) is 20.6. The zero-order valence-electron chi connectivity index (χ0n) is 5.76. The second-order valence-corrected chi connectivity index (χ2v) is 1.86. The molecule has 3 N–H and O–H groups in total. The van der Waals surface area contributed by atoms with E-state index >= 15 is 0 Å². The van der Waals surface area contributed by atoms with E-state index in [2.05, 4.69) is 5.10 Å². The Labute approximate surface area is 66.6 Å². The lowest BCUT2D eigenvalue weighted by Crippen LogP contribution is -2.41. The van der Waals surface area contributed by atoms with Crippen LogP contribution >= 0.6 is 0 Å². The average molecular weight is 171 g/mol. The first-order valence-electron chi connectivity index (χ1n) is 2.88. The molecule has 0 radical (unpaired) electrons. The number of carboxylic acids is 1. The fourth-order valence-electron chi connectivity index (χ4n) is 0.571. The number of hydrazone groups is 1. The van der Waals surface area contributed by atoms with Crippen molar-refractivity contribution < 1.29 is 19.8 Å². The van der Waals surface area contributed by atoms with Gasteiger partial charge < -0.3 is 10.2 Å². The van der Waals surface area contributed by atoms with Crippen molar-refractivity contribution in [2.24, 2.45) is 5.10 Å². The predicted molar refractivity (Wildman–Crippen MR) is 37.2 cm³/mol. The summed E-state index contributed by atoms with van der Waals surface area (Å²) in [5.41, 5.74) is 1.81. The molecule has 0 unspecified atom stereocenters. The summed E-state index contributed by atoms with van der Waals surface area (Å²) in [5.74, 6) is -1.24. The first kappa shape index (κ1) is 8.05. The van der Waals surface area contributed by atoms with Crippen LogP contribution in [-0.2, 0) is 4.79 Å². The van der Waals surface area contributed by atoms with Gasteiger partial charge in [-0.05, 0) is 6.08 Å². The van der Waals surface area contributed by atoms with Crippen LogP contribution in [0.5, 0.6) is 0 Å². The Bertz CT molecular complexity index is 282. The number of hydrazine groups is 1. The van der Waals surface area contributed by atoms with E-state index in [9.17, 15) is 9.59 Å². The molecule has 1 heterocycles. The lowest BCUT2D eigenvalue weighted by Gasteiger charge is -2.17. The summed E-state index contributed by atoms with van der Waals surface area (Å²) in [6.45, 7) is 0. The molecule has 1 aliphatic heterocycles. The van der Waals surface area contributed by atoms with Crippen LogP contribution in [0.15, 0.2) is 16.9 Å². The van der Waals surface area contributed by atoms with E-state index in [-0.39, 0.29) is 5.70 Å². The molecule has 0 fully saturated rings. The SMILES string of the molecule is O=C(O)C1=CC=NN(C(=O)O)N1. The van der Waals surface area contributed by atoms with Gasteiger partial charge in [-0.2, -0.15) is 5.10 Å². The van der Waals surface area contributed by atoms with Gasteiger partial charge in [0.05, 0.1) is 6.21 Å². The van der Waals surface area contributed by atoms with Crippen molar-refractivity contribution in [3.63, 3.8) is 0 Å². The topological polar surface area (TPSA) is 102 Å². The highest BCUT2D eigenvalue weighted by Crippen LogP contribution is 1.97. The van der Waals surface area contributed by atoms with Crippen molar-refractivity contribution in [3.05, 3.63) is 11.8 Å². The van der Waals surface area contributed by atoms with E-state index < -0.39 is 12.1 Å². The van der Waals surface area contributed by atoms with Gasteiger partial charge in [0.1, 0.15) is 5.70 Å². The van der Waals surface area contributed by atoms with Crippen molar-refractivity contribution >= 4 is 18.3 Å². The van der Waals surface area contributed by atoms with Gasteiger partial charge in [0.25, 0.3) is 0 Å². The second kappa shape index (κ2) is 2.91. The zero-order valence-corrected chi connectivity index (χ0v) is 5.76. The molecule has 0 aromatic rings. The van der Waals surface area contributed by atoms with Crippen LogP contribution < -0.4 is 5.43 Å². The van der Waals surface area contributed by atoms with Crippen LogP contribution in [0.4, 0.5) is 4.79 Å². The monoisotopic (exact) mass is 171 g/mol. The van der Waals surface area contributed by atoms with Gasteiger partial charge in [-0.1, -0.05) is 0 Å². The molecule has 0 aromatic carbocycles. The third-order valence-electron chi connectivity index (χ3n) is 1.06. The smallest absolute Gasteiger partial charge is 0.447 e. The number of carbonyl (C=O) groups is 2. The molecule has 7 heteroatoms. The third-order valence-corrected chi connectivity index (χ3v) is 1.06. The minimum absolute atomic E-state index is 0.243. The van der Waals surface area contributed by atoms with Crippen LogP contribution in [0.1, 0.15) is 0 Å². The second-order valence-electron chi connectivity index (χ2n) is 1.86. The largest absolute Gasteiger partial charge is 0.477 e. The van der Waals surface area contributed by atoms with E-state index in [1.807, 2.05) is 5.43 Å². The molecule has 7 nitrogen and oxygen atoms in total. The molecule has 1 aliphatic rings. The van der Waals surface area contributed by atoms with Gasteiger partial charge in [-0.3, -0.25) is 5.43 Å². The Kier molecular flexibility index (Phi) is 1.95. The molecule has 0 spiro atoms. The lowest BCUT2D eigenvalue weighted by atomic mass is 10.4. The van der Waals surface area contributed by atoms with Crippen LogP contribution in [0, 0.1) is 0 Å². The summed E-state index contributed by atoms with van der Waals surface area (Å²) < 4.78 is 0. The third kappa shape index (κ3) is 1.51.